The molecule has 0 radical (unpaired) electrons. The number of ether oxygens (including phenoxy) is 4. The van der Waals surface area contributed by atoms with Crippen LogP contribution in [0.5, 0.6) is 11.5 Å². The van der Waals surface area contributed by atoms with Gasteiger partial charge in [-0.3, -0.25) is 0 Å². The summed E-state index contributed by atoms with van der Waals surface area (Å²) >= 11 is 0. The molecule has 0 spiro atoms. The van der Waals surface area contributed by atoms with E-state index in [-0.39, 0.29) is 0 Å². The van der Waals surface area contributed by atoms with Gasteiger partial charge in [0.25, 0.3) is 0 Å². The molecule has 0 fully saturated rings. The Balaban J connectivity index is 1.83. The minimum atomic E-state index is -0.888. The molecule has 0 bridgehead atoms. The van der Waals surface area contributed by atoms with Crippen LogP contribution in [0.4, 0.5) is 0 Å². The molecular formula is C41H46O6. The fourth-order valence-corrected chi connectivity index (χ4v) is 6.47. The molecule has 0 aliphatic heterocycles. The van der Waals surface area contributed by atoms with E-state index < -0.39 is 17.4 Å². The number of benzene rings is 4. The van der Waals surface area contributed by atoms with E-state index in [9.17, 15) is 9.59 Å². The average molecular weight is 635 g/mol. The third-order valence-corrected chi connectivity index (χ3v) is 8.99. The van der Waals surface area contributed by atoms with E-state index >= 15 is 0 Å². The van der Waals surface area contributed by atoms with Gasteiger partial charge in [-0.15, -0.1) is 0 Å². The second kappa shape index (κ2) is 14.0. The van der Waals surface area contributed by atoms with E-state index in [4.69, 9.17) is 18.9 Å². The molecule has 0 saturated carbocycles. The first kappa shape index (κ1) is 33.8. The predicted molar refractivity (Wildman–Crippen MR) is 186 cm³/mol. The number of hydrogen-bond acceptors (Lipinski definition) is 6. The van der Waals surface area contributed by atoms with Crippen LogP contribution in [0.25, 0.3) is 11.1 Å². The summed E-state index contributed by atoms with van der Waals surface area (Å²) in [5.41, 5.74) is 8.04. The lowest BCUT2D eigenvalue weighted by Gasteiger charge is -2.35. The second-order valence-corrected chi connectivity index (χ2v) is 13.3. The Kier molecular flexibility index (Phi) is 10.1. The molecule has 0 N–H and O–H groups in total. The number of rotatable bonds is 12. The van der Waals surface area contributed by atoms with Gasteiger partial charge in [0.1, 0.15) is 22.6 Å². The molecule has 4 aromatic carbocycles. The maximum absolute atomic E-state index is 13.3. The van der Waals surface area contributed by atoms with E-state index in [1.807, 2.05) is 36.4 Å². The predicted octanol–water partition coefficient (Wildman–Crippen LogP) is 9.09. The van der Waals surface area contributed by atoms with Crippen molar-refractivity contribution < 1.29 is 28.5 Å². The Morgan fingerprint density at radius 1 is 0.596 bits per heavy atom. The van der Waals surface area contributed by atoms with Gasteiger partial charge in [-0.05, 0) is 96.2 Å². The number of carbonyl (C=O) groups excluding carboxylic acids is 2. The number of hydrogen-bond donors (Lipinski definition) is 0. The number of esters is 2. The third-order valence-electron chi connectivity index (χ3n) is 8.99. The molecule has 1 aliphatic rings. The van der Waals surface area contributed by atoms with Gasteiger partial charge >= 0.3 is 11.9 Å². The van der Waals surface area contributed by atoms with Crippen molar-refractivity contribution in [2.45, 2.75) is 59.8 Å². The maximum Gasteiger partial charge on any atom is 0.341 e. The third kappa shape index (κ3) is 6.51. The molecule has 0 aromatic heterocycles. The lowest BCUT2D eigenvalue weighted by molar-refractivity contribution is 0.0586. The topological polar surface area (TPSA) is 71.1 Å². The molecule has 47 heavy (non-hydrogen) atoms. The van der Waals surface area contributed by atoms with E-state index in [0.717, 1.165) is 57.3 Å². The summed E-state index contributed by atoms with van der Waals surface area (Å²) in [6.07, 6.45) is 1.71. The first-order valence-electron chi connectivity index (χ1n) is 16.4. The Labute approximate surface area is 279 Å². The van der Waals surface area contributed by atoms with Crippen LogP contribution < -0.4 is 9.47 Å². The number of fused-ring (bicyclic) bond motifs is 3. The van der Waals surface area contributed by atoms with Crippen LogP contribution in [0.15, 0.2) is 72.8 Å². The largest absolute Gasteiger partial charge is 0.493 e. The molecular weight excluding hydrogens is 588 g/mol. The SMILES string of the molecule is COC(=O)c1cc(C2(c3ccc(OCCC(C)C)c(C(=O)OC)c3)c3cc(C)ccc3-c3ccc(C)cc32)ccc1OCCC(C)C. The first-order chi connectivity index (χ1) is 22.5. The van der Waals surface area contributed by atoms with Crippen LogP contribution in [-0.4, -0.2) is 39.4 Å². The van der Waals surface area contributed by atoms with E-state index in [1.165, 1.54) is 14.2 Å². The maximum atomic E-state index is 13.3. The van der Waals surface area contributed by atoms with E-state index in [2.05, 4.69) is 77.9 Å². The molecule has 0 saturated heterocycles. The molecule has 0 amide bonds. The molecule has 0 atom stereocenters. The van der Waals surface area contributed by atoms with Gasteiger partial charge in [-0.1, -0.05) is 87.4 Å². The zero-order chi connectivity index (χ0) is 33.9. The molecule has 1 aliphatic carbocycles. The van der Waals surface area contributed by atoms with Gasteiger partial charge in [-0.25, -0.2) is 9.59 Å². The average Bonchev–Trinajstić information content (AvgIpc) is 3.33. The van der Waals surface area contributed by atoms with E-state index in [1.54, 1.807) is 0 Å². The van der Waals surface area contributed by atoms with Gasteiger partial charge in [0.15, 0.2) is 0 Å². The van der Waals surface area contributed by atoms with Crippen molar-refractivity contribution in [2.75, 3.05) is 27.4 Å². The monoisotopic (exact) mass is 634 g/mol. The van der Waals surface area contributed by atoms with Gasteiger partial charge in [-0.2, -0.15) is 0 Å². The summed E-state index contributed by atoms with van der Waals surface area (Å²) in [4.78, 5) is 26.7. The zero-order valence-electron chi connectivity index (χ0n) is 28.9. The van der Waals surface area contributed by atoms with Crippen molar-refractivity contribution in [1.82, 2.24) is 0 Å². The lowest BCUT2D eigenvalue weighted by Crippen LogP contribution is -2.30. The summed E-state index contributed by atoms with van der Waals surface area (Å²) in [5, 5.41) is 0. The number of aryl methyl sites for hydroxylation is 2. The zero-order valence-corrected chi connectivity index (χ0v) is 28.9. The Morgan fingerprint density at radius 3 is 1.36 bits per heavy atom. The van der Waals surface area contributed by atoms with Gasteiger partial charge in [0.2, 0.25) is 0 Å². The van der Waals surface area contributed by atoms with Gasteiger partial charge in [0, 0.05) is 0 Å². The van der Waals surface area contributed by atoms with Crippen LogP contribution in [0, 0.1) is 25.7 Å². The standard InChI is InChI=1S/C41H46O6/c1-25(2)17-19-46-37-15-11-29(23-33(37)39(42)44-7)41(30-12-16-38(47-20-18-26(3)4)34(24-30)40(43)45-8)35-21-27(5)9-13-31(35)32-14-10-28(6)22-36(32)41/h9-16,21-26H,17-20H2,1-8H3. The van der Waals surface area contributed by atoms with Crippen LogP contribution >= 0.6 is 0 Å². The fraction of sp³-hybridized carbons (Fsp3) is 0.366. The summed E-state index contributed by atoms with van der Waals surface area (Å²) in [6.45, 7) is 13.7. The smallest absolute Gasteiger partial charge is 0.341 e. The molecule has 0 heterocycles. The Bertz CT molecular complexity index is 1650. The highest BCUT2D eigenvalue weighted by molar-refractivity contribution is 5.95. The summed E-state index contributed by atoms with van der Waals surface area (Å²) in [5.74, 6) is 0.923. The van der Waals surface area contributed by atoms with Crippen molar-refractivity contribution in [1.29, 1.82) is 0 Å². The van der Waals surface area contributed by atoms with Crippen LogP contribution in [0.1, 0.15) is 94.6 Å². The molecule has 4 aromatic rings. The molecule has 5 rings (SSSR count). The lowest BCUT2D eigenvalue weighted by atomic mass is 9.66. The second-order valence-electron chi connectivity index (χ2n) is 13.3. The van der Waals surface area contributed by atoms with Crippen LogP contribution in [0.3, 0.4) is 0 Å². The van der Waals surface area contributed by atoms with Gasteiger partial charge < -0.3 is 18.9 Å². The van der Waals surface area contributed by atoms with Crippen molar-refractivity contribution in [2.24, 2.45) is 11.8 Å². The van der Waals surface area contributed by atoms with Crippen molar-refractivity contribution in [3.8, 4) is 22.6 Å². The fourth-order valence-electron chi connectivity index (χ4n) is 6.47. The summed E-state index contributed by atoms with van der Waals surface area (Å²) in [6, 6.07) is 24.6. The normalized spacial score (nSPS) is 12.9. The van der Waals surface area contributed by atoms with Crippen molar-refractivity contribution >= 4 is 11.9 Å². The highest BCUT2D eigenvalue weighted by atomic mass is 16.5. The first-order valence-corrected chi connectivity index (χ1v) is 16.4. The minimum Gasteiger partial charge on any atom is -0.493 e. The molecule has 6 nitrogen and oxygen atoms in total. The Morgan fingerprint density at radius 2 is 1.00 bits per heavy atom. The summed E-state index contributed by atoms with van der Waals surface area (Å²) in [7, 11) is 2.77. The minimum absolute atomic E-state index is 0.352. The van der Waals surface area contributed by atoms with Crippen molar-refractivity contribution in [3.63, 3.8) is 0 Å². The number of methoxy groups -OCH3 is 2. The summed E-state index contributed by atoms with van der Waals surface area (Å²) < 4.78 is 22.9. The highest BCUT2D eigenvalue weighted by Crippen LogP contribution is 2.57. The molecule has 6 heteroatoms. The molecule has 0 unspecified atom stereocenters. The quantitative estimate of drug-likeness (QED) is 0.128. The van der Waals surface area contributed by atoms with Gasteiger partial charge in [0.05, 0.1) is 32.8 Å². The van der Waals surface area contributed by atoms with Crippen LogP contribution in [0.2, 0.25) is 0 Å². The van der Waals surface area contributed by atoms with E-state index in [0.29, 0.717) is 47.7 Å². The molecule has 246 valence electrons. The Hall–Kier alpha value is -4.58. The number of carbonyl (C=O) groups is 2. The highest BCUT2D eigenvalue weighted by Gasteiger charge is 2.47. The van der Waals surface area contributed by atoms with Crippen molar-refractivity contribution in [3.05, 3.63) is 117 Å². The van der Waals surface area contributed by atoms with Crippen LogP contribution in [-0.2, 0) is 14.9 Å².